The van der Waals surface area contributed by atoms with Crippen molar-refractivity contribution in [2.75, 3.05) is 0 Å². The molecule has 0 radical (unpaired) electrons. The summed E-state index contributed by atoms with van der Waals surface area (Å²) in [6.45, 7) is 4.58. The van der Waals surface area contributed by atoms with Gasteiger partial charge in [-0.15, -0.1) is 0 Å². The first-order valence-electron chi connectivity index (χ1n) is 8.17. The largest absolute Gasteiger partial charge is 0.193 e. The van der Waals surface area contributed by atoms with Crippen LogP contribution in [-0.4, -0.2) is 5.54 Å². The van der Waals surface area contributed by atoms with Crippen LogP contribution >= 0.6 is 0 Å². The molecule has 0 saturated heterocycles. The minimum atomic E-state index is -0.320. The summed E-state index contributed by atoms with van der Waals surface area (Å²) in [4.78, 5) is 0. The van der Waals surface area contributed by atoms with E-state index in [1.54, 1.807) is 6.08 Å². The number of rotatable bonds is 2. The van der Waals surface area contributed by atoms with Crippen molar-refractivity contribution in [3.63, 3.8) is 0 Å². The molecule has 1 aromatic carbocycles. The number of allylic oxidation sites excluding steroid dienone is 1. The summed E-state index contributed by atoms with van der Waals surface area (Å²) in [6.07, 6.45) is 7.30. The van der Waals surface area contributed by atoms with Gasteiger partial charge in [0.15, 0.2) is 0 Å². The number of fused-ring (bicyclic) bond motifs is 5. The Bertz CT molecular complexity index is 697. The van der Waals surface area contributed by atoms with Gasteiger partial charge >= 0.3 is 0 Å². The van der Waals surface area contributed by atoms with Crippen LogP contribution < -0.4 is 0 Å². The van der Waals surface area contributed by atoms with Gasteiger partial charge in [-0.3, -0.25) is 0 Å². The van der Waals surface area contributed by atoms with Gasteiger partial charge in [0.25, 0.3) is 0 Å². The zero-order valence-electron chi connectivity index (χ0n) is 13.2. The molecule has 22 heavy (non-hydrogen) atoms. The molecule has 3 nitrogen and oxygen atoms in total. The Kier molecular flexibility index (Phi) is 2.67. The molecule has 2 fully saturated rings. The molecule has 2 bridgehead atoms. The van der Waals surface area contributed by atoms with Crippen molar-refractivity contribution in [2.45, 2.75) is 44.2 Å². The Balaban J connectivity index is 1.96. The van der Waals surface area contributed by atoms with Gasteiger partial charge in [0.05, 0.1) is 6.07 Å². The minimum Gasteiger partial charge on any atom is -0.193 e. The summed E-state index contributed by atoms with van der Waals surface area (Å²) < 4.78 is 0. The van der Waals surface area contributed by atoms with Crippen LogP contribution in [0.5, 0.6) is 0 Å². The van der Waals surface area contributed by atoms with Gasteiger partial charge in [0.1, 0.15) is 11.1 Å². The maximum atomic E-state index is 9.03. The standard InChI is InChI=1S/C19H21N3/c1-17(2)18(12-7-13-20)15-10-6-11-16(15)19(17,22-21-18)14-8-4-3-5-9-14/h3-5,7-9,12,15-16H,6,10-11H2,1-2H3/b12-7-/t15-,16+,18+,19+/m1/s1. The Labute approximate surface area is 131 Å². The zero-order valence-corrected chi connectivity index (χ0v) is 13.2. The van der Waals surface area contributed by atoms with Crippen molar-refractivity contribution in [3.05, 3.63) is 48.0 Å². The molecule has 0 N–H and O–H groups in total. The first-order chi connectivity index (χ1) is 10.6. The van der Waals surface area contributed by atoms with Crippen molar-refractivity contribution < 1.29 is 0 Å². The normalized spacial score (nSPS) is 41.0. The van der Waals surface area contributed by atoms with Crippen LogP contribution in [-0.2, 0) is 5.54 Å². The lowest BCUT2D eigenvalue weighted by atomic mass is 9.63. The van der Waals surface area contributed by atoms with Crippen molar-refractivity contribution in [1.29, 1.82) is 5.26 Å². The highest BCUT2D eigenvalue weighted by molar-refractivity contribution is 5.43. The van der Waals surface area contributed by atoms with Crippen LogP contribution in [0, 0.1) is 28.6 Å². The van der Waals surface area contributed by atoms with Gasteiger partial charge in [-0.25, -0.2) is 0 Å². The number of hydrogen-bond donors (Lipinski definition) is 0. The van der Waals surface area contributed by atoms with Gasteiger partial charge < -0.3 is 0 Å². The van der Waals surface area contributed by atoms with E-state index in [1.807, 2.05) is 6.08 Å². The number of hydrogen-bond acceptors (Lipinski definition) is 3. The van der Waals surface area contributed by atoms with E-state index >= 15 is 0 Å². The van der Waals surface area contributed by atoms with Gasteiger partial charge in [0, 0.05) is 11.5 Å². The molecule has 1 heterocycles. The van der Waals surface area contributed by atoms with Crippen LogP contribution in [0.15, 0.2) is 52.7 Å². The fourth-order valence-corrected chi connectivity index (χ4v) is 5.63. The molecule has 0 amide bonds. The maximum Gasteiger partial charge on any atom is 0.117 e. The van der Waals surface area contributed by atoms with E-state index in [4.69, 9.17) is 15.5 Å². The molecule has 4 atom stereocenters. The third-order valence-electron chi connectivity index (χ3n) is 6.57. The van der Waals surface area contributed by atoms with E-state index in [0.717, 1.165) is 0 Å². The van der Waals surface area contributed by atoms with Gasteiger partial charge in [-0.1, -0.05) is 50.6 Å². The second kappa shape index (κ2) is 4.29. The lowest BCUT2D eigenvalue weighted by Gasteiger charge is -2.40. The highest BCUT2D eigenvalue weighted by atomic mass is 15.3. The van der Waals surface area contributed by atoms with Crippen molar-refractivity contribution >= 4 is 0 Å². The average Bonchev–Trinajstić information content (AvgIpc) is 3.14. The topological polar surface area (TPSA) is 48.5 Å². The quantitative estimate of drug-likeness (QED) is 0.733. The van der Waals surface area contributed by atoms with Crippen molar-refractivity contribution in [3.8, 4) is 6.07 Å². The third-order valence-corrected chi connectivity index (χ3v) is 6.57. The van der Waals surface area contributed by atoms with E-state index in [1.165, 1.54) is 24.8 Å². The number of benzene rings is 1. The molecule has 3 heteroatoms. The summed E-state index contributed by atoms with van der Waals surface area (Å²) in [7, 11) is 0. The van der Waals surface area contributed by atoms with Crippen LogP contribution in [0.25, 0.3) is 0 Å². The molecule has 0 aromatic heterocycles. The molecule has 2 saturated carbocycles. The van der Waals surface area contributed by atoms with E-state index < -0.39 is 0 Å². The highest BCUT2D eigenvalue weighted by Gasteiger charge is 2.76. The SMILES string of the molecule is CC1(C)[C@@]2(/C=C\C#N)N=N[C@@]1(c1ccccc1)[C@H]1CCC[C@H]12. The smallest absolute Gasteiger partial charge is 0.117 e. The van der Waals surface area contributed by atoms with E-state index in [0.29, 0.717) is 11.8 Å². The van der Waals surface area contributed by atoms with Crippen molar-refractivity contribution in [1.82, 2.24) is 0 Å². The number of azo groups is 1. The molecule has 3 aliphatic rings. The predicted molar refractivity (Wildman–Crippen MR) is 85.1 cm³/mol. The lowest BCUT2D eigenvalue weighted by molar-refractivity contribution is 0.164. The second-order valence-electron chi connectivity index (χ2n) is 7.39. The number of nitriles is 1. The summed E-state index contributed by atoms with van der Waals surface area (Å²) in [5.74, 6) is 1.04. The van der Waals surface area contributed by atoms with Gasteiger partial charge in [0.2, 0.25) is 0 Å². The Morgan fingerprint density at radius 3 is 2.59 bits per heavy atom. The first-order valence-corrected chi connectivity index (χ1v) is 8.17. The summed E-state index contributed by atoms with van der Waals surface area (Å²) in [5.41, 5.74) is 0.616. The van der Waals surface area contributed by atoms with Crippen molar-refractivity contribution in [2.24, 2.45) is 27.5 Å². The monoisotopic (exact) mass is 291 g/mol. The van der Waals surface area contributed by atoms with Gasteiger partial charge in [-0.2, -0.15) is 15.5 Å². The van der Waals surface area contributed by atoms with Crippen LogP contribution in [0.2, 0.25) is 0 Å². The molecular weight excluding hydrogens is 270 g/mol. The molecular formula is C19H21N3. The Morgan fingerprint density at radius 1 is 1.14 bits per heavy atom. The fraction of sp³-hybridized carbons (Fsp3) is 0.526. The Morgan fingerprint density at radius 2 is 1.86 bits per heavy atom. The zero-order chi connectivity index (χ0) is 15.4. The van der Waals surface area contributed by atoms with E-state index in [2.05, 4.69) is 50.2 Å². The summed E-state index contributed by atoms with van der Waals surface area (Å²) in [5, 5.41) is 18.7. The molecule has 1 aromatic rings. The van der Waals surface area contributed by atoms with Crippen LogP contribution in [0.1, 0.15) is 38.7 Å². The molecule has 0 unspecified atom stereocenters. The average molecular weight is 291 g/mol. The lowest BCUT2D eigenvalue weighted by Crippen LogP contribution is -2.45. The van der Waals surface area contributed by atoms with Crippen LogP contribution in [0.4, 0.5) is 0 Å². The minimum absolute atomic E-state index is 0.107. The highest BCUT2D eigenvalue weighted by Crippen LogP contribution is 2.74. The molecule has 2 aliphatic carbocycles. The van der Waals surface area contributed by atoms with Crippen LogP contribution in [0.3, 0.4) is 0 Å². The molecule has 1 aliphatic heterocycles. The third kappa shape index (κ3) is 1.28. The first kappa shape index (κ1) is 13.7. The van der Waals surface area contributed by atoms with E-state index in [9.17, 15) is 0 Å². The molecule has 112 valence electrons. The predicted octanol–water partition coefficient (Wildman–Crippen LogP) is 4.62. The fourth-order valence-electron chi connectivity index (χ4n) is 5.63. The summed E-state index contributed by atoms with van der Waals surface area (Å²) >= 11 is 0. The van der Waals surface area contributed by atoms with Gasteiger partial charge in [-0.05, 0) is 36.3 Å². The number of nitrogens with zero attached hydrogens (tertiary/aromatic N) is 3. The maximum absolute atomic E-state index is 9.03. The summed E-state index contributed by atoms with van der Waals surface area (Å²) in [6, 6.07) is 12.8. The second-order valence-corrected chi connectivity index (χ2v) is 7.39. The molecule has 0 spiro atoms. The Hall–Kier alpha value is -1.95. The molecule has 4 rings (SSSR count). The van der Waals surface area contributed by atoms with E-state index in [-0.39, 0.29) is 16.5 Å².